The van der Waals surface area contributed by atoms with E-state index < -0.39 is 0 Å². The summed E-state index contributed by atoms with van der Waals surface area (Å²) in [5.41, 5.74) is 2.21. The maximum atomic E-state index is 12.3. The molecule has 1 aliphatic rings. The zero-order valence-corrected chi connectivity index (χ0v) is 12.6. The second-order valence-corrected chi connectivity index (χ2v) is 5.76. The van der Waals surface area contributed by atoms with Crippen LogP contribution in [0, 0.1) is 0 Å². The van der Waals surface area contributed by atoms with Crippen molar-refractivity contribution < 1.29 is 4.79 Å². The molecule has 1 fully saturated rings. The van der Waals surface area contributed by atoms with Crippen LogP contribution in [-0.2, 0) is 11.3 Å². The van der Waals surface area contributed by atoms with Crippen LogP contribution in [0.2, 0.25) is 0 Å². The summed E-state index contributed by atoms with van der Waals surface area (Å²) in [6, 6.07) is 9.72. The van der Waals surface area contributed by atoms with Crippen LogP contribution in [-0.4, -0.2) is 28.9 Å². The fourth-order valence-corrected chi connectivity index (χ4v) is 3.11. The lowest BCUT2D eigenvalue weighted by atomic mass is 10.0. The van der Waals surface area contributed by atoms with Gasteiger partial charge in [0.25, 0.3) is 0 Å². The highest BCUT2D eigenvalue weighted by Gasteiger charge is 2.32. The number of piperazine rings is 1. The van der Waals surface area contributed by atoms with Gasteiger partial charge >= 0.3 is 0 Å². The van der Waals surface area contributed by atoms with Crippen LogP contribution >= 0.6 is 15.9 Å². The van der Waals surface area contributed by atoms with Gasteiger partial charge in [-0.05, 0) is 23.3 Å². The van der Waals surface area contributed by atoms with Crippen LogP contribution in [0.5, 0.6) is 0 Å². The predicted molar refractivity (Wildman–Crippen MR) is 81.1 cm³/mol. The monoisotopic (exact) mass is 333 g/mol. The van der Waals surface area contributed by atoms with Gasteiger partial charge in [-0.3, -0.25) is 9.69 Å². The van der Waals surface area contributed by atoms with E-state index in [0.717, 1.165) is 23.1 Å². The standard InChI is InChI=1S/C15H16BrN3O/c16-13-4-2-1-3-12(13)14-15(20)18-7-8-19(14)10-11-5-6-17-9-11/h1-6,9,14,17H,7-8,10H2,(H,18,20)/t14-/m1/s1. The number of H-pyrrole nitrogens is 1. The molecule has 0 spiro atoms. The van der Waals surface area contributed by atoms with Crippen molar-refractivity contribution in [1.82, 2.24) is 15.2 Å². The number of nitrogens with zero attached hydrogens (tertiary/aromatic N) is 1. The lowest BCUT2D eigenvalue weighted by molar-refractivity contribution is -0.129. The fourth-order valence-electron chi connectivity index (χ4n) is 2.61. The molecule has 1 atom stereocenters. The summed E-state index contributed by atoms with van der Waals surface area (Å²) >= 11 is 3.55. The van der Waals surface area contributed by atoms with Gasteiger partial charge in [-0.25, -0.2) is 0 Å². The zero-order chi connectivity index (χ0) is 13.9. The van der Waals surface area contributed by atoms with Crippen LogP contribution in [0.15, 0.2) is 47.2 Å². The average Bonchev–Trinajstić information content (AvgIpc) is 2.93. The molecule has 0 radical (unpaired) electrons. The summed E-state index contributed by atoms with van der Waals surface area (Å²) in [6.07, 6.45) is 3.89. The van der Waals surface area contributed by atoms with Gasteiger partial charge in [0.05, 0.1) is 0 Å². The molecule has 0 aliphatic carbocycles. The van der Waals surface area contributed by atoms with Crippen molar-refractivity contribution in [2.75, 3.05) is 13.1 Å². The maximum Gasteiger partial charge on any atom is 0.242 e. The van der Waals surface area contributed by atoms with Crippen molar-refractivity contribution in [2.24, 2.45) is 0 Å². The van der Waals surface area contributed by atoms with Crippen LogP contribution < -0.4 is 5.32 Å². The van der Waals surface area contributed by atoms with Crippen molar-refractivity contribution in [3.8, 4) is 0 Å². The number of hydrogen-bond donors (Lipinski definition) is 2. The Morgan fingerprint density at radius 3 is 2.90 bits per heavy atom. The molecule has 1 aliphatic heterocycles. The van der Waals surface area contributed by atoms with Crippen LogP contribution in [0.4, 0.5) is 0 Å². The van der Waals surface area contributed by atoms with Gasteiger partial charge in [0.2, 0.25) is 5.91 Å². The van der Waals surface area contributed by atoms with Gasteiger partial charge in [-0.15, -0.1) is 0 Å². The van der Waals surface area contributed by atoms with Crippen LogP contribution in [0.3, 0.4) is 0 Å². The molecule has 2 heterocycles. The van der Waals surface area contributed by atoms with E-state index in [1.807, 2.05) is 42.7 Å². The molecular weight excluding hydrogens is 318 g/mol. The molecule has 1 saturated heterocycles. The number of nitrogens with one attached hydrogen (secondary N) is 2. The summed E-state index contributed by atoms with van der Waals surface area (Å²) < 4.78 is 0.973. The van der Waals surface area contributed by atoms with Gasteiger partial charge in [0, 0.05) is 36.5 Å². The first-order chi connectivity index (χ1) is 9.75. The van der Waals surface area contributed by atoms with E-state index in [4.69, 9.17) is 0 Å². The zero-order valence-electron chi connectivity index (χ0n) is 11.0. The van der Waals surface area contributed by atoms with Crippen molar-refractivity contribution in [1.29, 1.82) is 0 Å². The second kappa shape index (κ2) is 5.81. The fraction of sp³-hybridized carbons (Fsp3) is 0.267. The van der Waals surface area contributed by atoms with E-state index in [2.05, 4.69) is 31.1 Å². The highest BCUT2D eigenvalue weighted by molar-refractivity contribution is 9.10. The number of benzene rings is 1. The molecule has 20 heavy (non-hydrogen) atoms. The summed E-state index contributed by atoms with van der Waals surface area (Å²) in [5.74, 6) is 0.0682. The number of hydrogen-bond acceptors (Lipinski definition) is 2. The highest BCUT2D eigenvalue weighted by atomic mass is 79.9. The van der Waals surface area contributed by atoms with Gasteiger partial charge in [-0.2, -0.15) is 0 Å². The largest absolute Gasteiger partial charge is 0.367 e. The molecule has 2 aromatic rings. The molecule has 0 unspecified atom stereocenters. The highest BCUT2D eigenvalue weighted by Crippen LogP contribution is 2.30. The molecule has 5 heteroatoms. The molecular formula is C15H16BrN3O. The summed E-state index contributed by atoms with van der Waals surface area (Å²) in [4.78, 5) is 17.6. The summed E-state index contributed by atoms with van der Waals surface area (Å²) in [5, 5.41) is 2.96. The number of carbonyl (C=O) groups excluding carboxylic acids is 1. The minimum Gasteiger partial charge on any atom is -0.367 e. The summed E-state index contributed by atoms with van der Waals surface area (Å²) in [6.45, 7) is 2.32. The molecule has 1 amide bonds. The molecule has 0 bridgehead atoms. The molecule has 1 aromatic heterocycles. The third kappa shape index (κ3) is 2.64. The van der Waals surface area contributed by atoms with E-state index >= 15 is 0 Å². The lowest BCUT2D eigenvalue weighted by Crippen LogP contribution is -2.49. The van der Waals surface area contributed by atoms with E-state index in [-0.39, 0.29) is 11.9 Å². The van der Waals surface area contributed by atoms with E-state index in [1.165, 1.54) is 5.56 Å². The van der Waals surface area contributed by atoms with Crippen molar-refractivity contribution in [3.05, 3.63) is 58.3 Å². The SMILES string of the molecule is O=C1NCCN(Cc2cc[nH]c2)[C@@H]1c1ccccc1Br. The molecule has 4 nitrogen and oxygen atoms in total. The number of halogens is 1. The quantitative estimate of drug-likeness (QED) is 0.906. The minimum atomic E-state index is -0.241. The molecule has 104 valence electrons. The summed E-state index contributed by atoms with van der Waals surface area (Å²) in [7, 11) is 0. The lowest BCUT2D eigenvalue weighted by Gasteiger charge is -2.35. The molecule has 2 N–H and O–H groups in total. The van der Waals surface area contributed by atoms with Gasteiger partial charge in [-0.1, -0.05) is 34.1 Å². The Labute approximate surface area is 126 Å². The first-order valence-corrected chi connectivity index (χ1v) is 7.43. The maximum absolute atomic E-state index is 12.3. The van der Waals surface area contributed by atoms with Gasteiger partial charge in [0.15, 0.2) is 0 Å². The van der Waals surface area contributed by atoms with Gasteiger partial charge < -0.3 is 10.3 Å². The van der Waals surface area contributed by atoms with Crippen LogP contribution in [0.1, 0.15) is 17.2 Å². The Kier molecular flexibility index (Phi) is 3.89. The van der Waals surface area contributed by atoms with Crippen molar-refractivity contribution >= 4 is 21.8 Å². The van der Waals surface area contributed by atoms with E-state index in [9.17, 15) is 4.79 Å². The van der Waals surface area contributed by atoms with Crippen molar-refractivity contribution in [3.63, 3.8) is 0 Å². The number of amides is 1. The third-order valence-corrected chi connectivity index (χ3v) is 4.28. The Hall–Kier alpha value is -1.59. The number of aromatic amines is 1. The topological polar surface area (TPSA) is 48.1 Å². The predicted octanol–water partition coefficient (Wildman–Crippen LogP) is 2.45. The number of rotatable bonds is 3. The minimum absolute atomic E-state index is 0.0682. The van der Waals surface area contributed by atoms with E-state index in [1.54, 1.807) is 0 Å². The van der Waals surface area contributed by atoms with E-state index in [0.29, 0.717) is 6.54 Å². The molecule has 3 rings (SSSR count). The van der Waals surface area contributed by atoms with Gasteiger partial charge in [0.1, 0.15) is 6.04 Å². The Morgan fingerprint density at radius 2 is 2.15 bits per heavy atom. The normalized spacial score (nSPS) is 19.9. The smallest absolute Gasteiger partial charge is 0.242 e. The third-order valence-electron chi connectivity index (χ3n) is 3.56. The second-order valence-electron chi connectivity index (χ2n) is 4.90. The average molecular weight is 334 g/mol. The number of carbonyl (C=O) groups is 1. The Morgan fingerprint density at radius 1 is 1.30 bits per heavy atom. The Balaban J connectivity index is 1.91. The number of aromatic nitrogens is 1. The Bertz CT molecular complexity index is 597. The first-order valence-electron chi connectivity index (χ1n) is 6.63. The molecule has 1 aromatic carbocycles. The van der Waals surface area contributed by atoms with Crippen molar-refractivity contribution in [2.45, 2.75) is 12.6 Å². The molecule has 0 saturated carbocycles. The first kappa shape index (κ1) is 13.4. The van der Waals surface area contributed by atoms with Crippen LogP contribution in [0.25, 0.3) is 0 Å².